The molecule has 1 N–H and O–H groups in total. The van der Waals surface area contributed by atoms with Crippen LogP contribution in [-0.4, -0.2) is 31.0 Å². The second-order valence-electron chi connectivity index (χ2n) is 5.44. The first-order valence-electron chi connectivity index (χ1n) is 7.04. The van der Waals surface area contributed by atoms with Crippen LogP contribution in [0.3, 0.4) is 0 Å². The van der Waals surface area contributed by atoms with Crippen molar-refractivity contribution in [1.82, 2.24) is 5.32 Å². The number of alkyl carbamates (subject to hydrolysis) is 1. The molecule has 2 aliphatic heterocycles. The van der Waals surface area contributed by atoms with Crippen LogP contribution in [0.15, 0.2) is 24.3 Å². The number of cyclic esters (lactones) is 2. The van der Waals surface area contributed by atoms with Gasteiger partial charge in [0.15, 0.2) is 0 Å². The zero-order valence-electron chi connectivity index (χ0n) is 12.1. The molecule has 24 heavy (non-hydrogen) atoms. The maximum Gasteiger partial charge on any atom is 0.432 e. The van der Waals surface area contributed by atoms with Gasteiger partial charge in [-0.3, -0.25) is 0 Å². The van der Waals surface area contributed by atoms with E-state index in [1.807, 2.05) is 0 Å². The van der Waals surface area contributed by atoms with E-state index in [2.05, 4.69) is 5.32 Å². The number of alkyl halides is 3. The van der Waals surface area contributed by atoms with Crippen molar-refractivity contribution in [2.24, 2.45) is 0 Å². The summed E-state index contributed by atoms with van der Waals surface area (Å²) in [5.41, 5.74) is -3.19. The molecule has 1 fully saturated rings. The summed E-state index contributed by atoms with van der Waals surface area (Å²) in [4.78, 5) is 22.9. The molecule has 0 aromatic heterocycles. The maximum absolute atomic E-state index is 13.9. The molecular weight excluding hydrogens is 353 g/mol. The number of halogens is 4. The molecule has 2 aliphatic rings. The van der Waals surface area contributed by atoms with Crippen molar-refractivity contribution in [3.8, 4) is 0 Å². The summed E-state index contributed by atoms with van der Waals surface area (Å²) in [5.74, 6) is 0. The molecule has 130 valence electrons. The summed E-state index contributed by atoms with van der Waals surface area (Å²) in [6.07, 6.45) is -8.32. The standard InChI is InChI=1S/C14H12ClF3N2O4/c15-20-10-4-2-1-3-9(10)13(14(16,17)18,24-12(20)22)6-5-8-7-19-11(21)23-8/h1-4,8H,5-7H2,(H,19,21). The molecule has 10 heteroatoms. The topological polar surface area (TPSA) is 67.9 Å². The van der Waals surface area contributed by atoms with Crippen LogP contribution < -0.4 is 9.74 Å². The lowest BCUT2D eigenvalue weighted by Gasteiger charge is -2.41. The second-order valence-corrected chi connectivity index (χ2v) is 5.78. The number of para-hydroxylation sites is 1. The Kier molecular flexibility index (Phi) is 3.98. The summed E-state index contributed by atoms with van der Waals surface area (Å²) in [5, 5.41) is 2.36. The van der Waals surface area contributed by atoms with Crippen LogP contribution in [0, 0.1) is 0 Å². The number of hydrogen-bond acceptors (Lipinski definition) is 4. The van der Waals surface area contributed by atoms with Crippen LogP contribution in [-0.2, 0) is 15.1 Å². The van der Waals surface area contributed by atoms with Gasteiger partial charge >= 0.3 is 18.4 Å². The Labute approximate surface area is 139 Å². The molecule has 2 unspecified atom stereocenters. The average molecular weight is 365 g/mol. The molecule has 3 rings (SSSR count). The first-order valence-corrected chi connectivity index (χ1v) is 7.38. The Morgan fingerprint density at radius 3 is 2.67 bits per heavy atom. The predicted molar refractivity (Wildman–Crippen MR) is 76.5 cm³/mol. The van der Waals surface area contributed by atoms with Gasteiger partial charge in [-0.1, -0.05) is 18.2 Å². The smallest absolute Gasteiger partial charge is 0.432 e. The maximum atomic E-state index is 13.9. The number of carbonyl (C=O) groups is 2. The fourth-order valence-electron chi connectivity index (χ4n) is 2.82. The van der Waals surface area contributed by atoms with Crippen LogP contribution in [0.1, 0.15) is 18.4 Å². The molecule has 1 aromatic rings. The number of ether oxygens (including phenoxy) is 2. The molecule has 0 saturated carbocycles. The SMILES string of the molecule is O=C1NCC(CCC2(C(F)(F)F)OC(=O)N(Cl)c3ccccc32)O1. The van der Waals surface area contributed by atoms with Gasteiger partial charge in [0, 0.05) is 23.8 Å². The molecule has 2 heterocycles. The fourth-order valence-corrected chi connectivity index (χ4v) is 3.01. The number of amides is 2. The third-order valence-corrected chi connectivity index (χ3v) is 4.32. The lowest BCUT2D eigenvalue weighted by molar-refractivity contribution is -0.269. The van der Waals surface area contributed by atoms with Crippen LogP contribution in [0.25, 0.3) is 0 Å². The minimum absolute atomic E-state index is 0.0886. The molecule has 0 bridgehead atoms. The Morgan fingerprint density at radius 1 is 1.33 bits per heavy atom. The number of rotatable bonds is 3. The molecule has 0 radical (unpaired) electrons. The average Bonchev–Trinajstić information content (AvgIpc) is 2.94. The highest BCUT2D eigenvalue weighted by molar-refractivity contribution is 6.36. The molecule has 0 spiro atoms. The number of fused-ring (bicyclic) bond motifs is 1. The highest BCUT2D eigenvalue weighted by Gasteiger charge is 2.63. The van der Waals surface area contributed by atoms with Crippen molar-refractivity contribution in [2.75, 3.05) is 11.0 Å². The van der Waals surface area contributed by atoms with E-state index >= 15 is 0 Å². The second kappa shape index (κ2) is 5.73. The lowest BCUT2D eigenvalue weighted by Crippen LogP contribution is -2.52. The number of anilines is 1. The van der Waals surface area contributed by atoms with Crippen molar-refractivity contribution in [3.63, 3.8) is 0 Å². The van der Waals surface area contributed by atoms with Gasteiger partial charge in [0.25, 0.3) is 0 Å². The lowest BCUT2D eigenvalue weighted by atomic mass is 9.85. The van der Waals surface area contributed by atoms with Gasteiger partial charge in [0.2, 0.25) is 5.60 Å². The predicted octanol–water partition coefficient (Wildman–Crippen LogP) is 3.44. The quantitative estimate of drug-likeness (QED) is 0.834. The minimum Gasteiger partial charge on any atom is -0.444 e. The monoisotopic (exact) mass is 364 g/mol. The van der Waals surface area contributed by atoms with Crippen LogP contribution in [0.5, 0.6) is 0 Å². The first-order chi connectivity index (χ1) is 11.2. The molecule has 1 aromatic carbocycles. The van der Waals surface area contributed by atoms with Gasteiger partial charge in [-0.2, -0.15) is 17.6 Å². The molecule has 0 aliphatic carbocycles. The van der Waals surface area contributed by atoms with E-state index in [1.165, 1.54) is 24.3 Å². The fraction of sp³-hybridized carbons (Fsp3) is 0.429. The summed E-state index contributed by atoms with van der Waals surface area (Å²) in [6, 6.07) is 5.39. The van der Waals surface area contributed by atoms with Crippen LogP contribution >= 0.6 is 11.8 Å². The Bertz CT molecular complexity index is 684. The Morgan fingerprint density at radius 2 is 2.04 bits per heavy atom. The molecule has 2 amide bonds. The van der Waals surface area contributed by atoms with Crippen molar-refractivity contribution < 1.29 is 32.2 Å². The Balaban J connectivity index is 1.98. The molecular formula is C14H12ClF3N2O4. The number of nitrogens with zero attached hydrogens (tertiary/aromatic N) is 1. The largest absolute Gasteiger partial charge is 0.444 e. The Hall–Kier alpha value is -2.16. The van der Waals surface area contributed by atoms with Crippen molar-refractivity contribution in [2.45, 2.75) is 30.7 Å². The van der Waals surface area contributed by atoms with Gasteiger partial charge in [0.1, 0.15) is 6.10 Å². The summed E-state index contributed by atoms with van der Waals surface area (Å²) in [6.45, 7) is 0.101. The zero-order valence-corrected chi connectivity index (χ0v) is 12.9. The van der Waals surface area contributed by atoms with Crippen molar-refractivity contribution >= 4 is 29.7 Å². The van der Waals surface area contributed by atoms with Gasteiger partial charge < -0.3 is 14.8 Å². The van der Waals surface area contributed by atoms with E-state index in [0.717, 1.165) is 0 Å². The van der Waals surface area contributed by atoms with Gasteiger partial charge in [-0.15, -0.1) is 0 Å². The van der Waals surface area contributed by atoms with Gasteiger partial charge in [-0.25, -0.2) is 9.59 Å². The molecule has 6 nitrogen and oxygen atoms in total. The van der Waals surface area contributed by atoms with Crippen molar-refractivity contribution in [1.29, 1.82) is 0 Å². The summed E-state index contributed by atoms with van der Waals surface area (Å²) < 4.78 is 51.7. The van der Waals surface area contributed by atoms with E-state index in [4.69, 9.17) is 21.3 Å². The van der Waals surface area contributed by atoms with E-state index in [-0.39, 0.29) is 24.2 Å². The minimum atomic E-state index is -4.87. The number of hydrogen-bond donors (Lipinski definition) is 1. The summed E-state index contributed by atoms with van der Waals surface area (Å²) in [7, 11) is 0. The highest BCUT2D eigenvalue weighted by atomic mass is 35.5. The van der Waals surface area contributed by atoms with E-state index in [1.54, 1.807) is 0 Å². The highest BCUT2D eigenvalue weighted by Crippen LogP contribution is 2.52. The van der Waals surface area contributed by atoms with E-state index in [9.17, 15) is 22.8 Å². The van der Waals surface area contributed by atoms with Crippen LogP contribution in [0.2, 0.25) is 0 Å². The van der Waals surface area contributed by atoms with Gasteiger partial charge in [0.05, 0.1) is 12.2 Å². The van der Waals surface area contributed by atoms with E-state index in [0.29, 0.717) is 4.42 Å². The molecule has 2 atom stereocenters. The summed E-state index contributed by atoms with van der Waals surface area (Å²) >= 11 is 5.73. The number of carbonyl (C=O) groups excluding carboxylic acids is 2. The zero-order chi connectivity index (χ0) is 17.5. The van der Waals surface area contributed by atoms with Gasteiger partial charge in [-0.05, 0) is 12.5 Å². The van der Waals surface area contributed by atoms with Crippen LogP contribution in [0.4, 0.5) is 28.4 Å². The third-order valence-electron chi connectivity index (χ3n) is 4.00. The number of benzene rings is 1. The normalized spacial score (nSPS) is 26.5. The first kappa shape index (κ1) is 16.7. The van der Waals surface area contributed by atoms with Crippen molar-refractivity contribution in [3.05, 3.63) is 29.8 Å². The molecule has 1 saturated heterocycles. The van der Waals surface area contributed by atoms with E-state index < -0.39 is 36.5 Å². The third kappa shape index (κ3) is 2.62. The number of nitrogens with one attached hydrogen (secondary N) is 1.